The average molecular weight is 641 g/mol. The van der Waals surface area contributed by atoms with Gasteiger partial charge in [0.2, 0.25) is 0 Å². The molecule has 2 heterocycles. The van der Waals surface area contributed by atoms with Gasteiger partial charge in [-0.15, -0.1) is 0 Å². The third-order valence-electron chi connectivity index (χ3n) is 9.39. The molecule has 0 aromatic heterocycles. The second kappa shape index (κ2) is 25.3. The lowest BCUT2D eigenvalue weighted by atomic mass is 9.97. The Bertz CT molecular complexity index is 714. The van der Waals surface area contributed by atoms with Gasteiger partial charge in [0.1, 0.15) is 18.3 Å². The molecule has 0 saturated carbocycles. The van der Waals surface area contributed by atoms with Crippen molar-refractivity contribution in [1.82, 2.24) is 0 Å². The summed E-state index contributed by atoms with van der Waals surface area (Å²) in [6, 6.07) is 0. The van der Waals surface area contributed by atoms with Crippen molar-refractivity contribution in [2.45, 2.75) is 212 Å². The van der Waals surface area contributed by atoms with Gasteiger partial charge in [-0.3, -0.25) is 0 Å². The highest BCUT2D eigenvalue weighted by molar-refractivity contribution is 4.96. The Hall–Kier alpha value is -0.700. The van der Waals surface area contributed by atoms with Crippen LogP contribution in [0.15, 0.2) is 12.3 Å². The summed E-state index contributed by atoms with van der Waals surface area (Å²) in [6.45, 7) is 9.17. The lowest BCUT2D eigenvalue weighted by molar-refractivity contribution is -0.381. The van der Waals surface area contributed by atoms with Gasteiger partial charge in [0.25, 0.3) is 0 Å². The highest BCUT2D eigenvalue weighted by Gasteiger charge is 2.52. The summed E-state index contributed by atoms with van der Waals surface area (Å²) in [5, 5.41) is 10.9. The summed E-state index contributed by atoms with van der Waals surface area (Å²) < 4.78 is 36.2. The van der Waals surface area contributed by atoms with Crippen LogP contribution in [0.3, 0.4) is 0 Å². The van der Waals surface area contributed by atoms with Crippen LogP contribution in [-0.2, 0) is 28.4 Å². The van der Waals surface area contributed by atoms with Gasteiger partial charge in [0.05, 0.1) is 19.0 Å². The predicted molar refractivity (Wildman–Crippen MR) is 183 cm³/mol. The SMILES string of the molecule is CCCCCCCCCCCCCCCC/C=C\O[C@H]1C(O)O[C@@H]2COC(C)(C)O[C@H]2[C@@H]1OCC[C@@H](CCCCCCC)OC. The number of methoxy groups -OCH3 is 1. The van der Waals surface area contributed by atoms with Crippen LogP contribution in [0.1, 0.15) is 169 Å². The zero-order valence-corrected chi connectivity index (χ0v) is 30.0. The smallest absolute Gasteiger partial charge is 0.195 e. The number of allylic oxidation sites excluding steroid dienone is 1. The molecular weight excluding hydrogens is 568 g/mol. The summed E-state index contributed by atoms with van der Waals surface area (Å²) in [4.78, 5) is 0. The first-order valence-corrected chi connectivity index (χ1v) is 19.0. The minimum Gasteiger partial charge on any atom is -0.490 e. The third-order valence-corrected chi connectivity index (χ3v) is 9.39. The topological polar surface area (TPSA) is 75.6 Å². The fourth-order valence-corrected chi connectivity index (χ4v) is 6.51. The number of unbranched alkanes of at least 4 members (excludes halogenated alkanes) is 18. The minimum absolute atomic E-state index is 0.156. The Labute approximate surface area is 277 Å². The number of hydrogen-bond donors (Lipinski definition) is 1. The molecule has 0 aliphatic carbocycles. The van der Waals surface area contributed by atoms with Gasteiger partial charge in [-0.2, -0.15) is 0 Å². The van der Waals surface area contributed by atoms with E-state index in [4.69, 9.17) is 28.4 Å². The Morgan fingerprint density at radius 2 is 1.31 bits per heavy atom. The van der Waals surface area contributed by atoms with E-state index >= 15 is 0 Å². The largest absolute Gasteiger partial charge is 0.490 e. The van der Waals surface area contributed by atoms with Crippen molar-refractivity contribution >= 4 is 0 Å². The Morgan fingerprint density at radius 1 is 0.756 bits per heavy atom. The number of aliphatic hydroxyl groups excluding tert-OH is 1. The van der Waals surface area contributed by atoms with E-state index in [9.17, 15) is 5.11 Å². The van der Waals surface area contributed by atoms with Gasteiger partial charge < -0.3 is 33.5 Å². The minimum atomic E-state index is -1.12. The van der Waals surface area contributed by atoms with E-state index < -0.39 is 36.5 Å². The van der Waals surface area contributed by atoms with Crippen LogP contribution < -0.4 is 0 Å². The van der Waals surface area contributed by atoms with Crippen LogP contribution in [0.2, 0.25) is 0 Å². The molecule has 0 aromatic rings. The summed E-state index contributed by atoms with van der Waals surface area (Å²) in [6.07, 6.45) is 28.9. The van der Waals surface area contributed by atoms with Crippen molar-refractivity contribution in [2.75, 3.05) is 20.3 Å². The molecule has 0 radical (unpaired) electrons. The lowest BCUT2D eigenvalue weighted by Crippen LogP contribution is -2.65. The average Bonchev–Trinajstić information content (AvgIpc) is 3.02. The van der Waals surface area contributed by atoms with E-state index in [1.165, 1.54) is 116 Å². The molecule has 0 amide bonds. The molecule has 2 aliphatic rings. The van der Waals surface area contributed by atoms with Crippen molar-refractivity contribution in [1.29, 1.82) is 0 Å². The maximum absolute atomic E-state index is 10.9. The quantitative estimate of drug-likeness (QED) is 0.0674. The first-order valence-electron chi connectivity index (χ1n) is 19.0. The van der Waals surface area contributed by atoms with Crippen LogP contribution in [0.4, 0.5) is 0 Å². The molecular formula is C38H72O7. The van der Waals surface area contributed by atoms with E-state index in [0.717, 1.165) is 25.7 Å². The fraction of sp³-hybridized carbons (Fsp3) is 0.947. The van der Waals surface area contributed by atoms with Crippen molar-refractivity contribution in [3.63, 3.8) is 0 Å². The van der Waals surface area contributed by atoms with E-state index in [2.05, 4.69) is 19.9 Å². The monoisotopic (exact) mass is 641 g/mol. The van der Waals surface area contributed by atoms with E-state index in [-0.39, 0.29) is 6.10 Å². The fourth-order valence-electron chi connectivity index (χ4n) is 6.51. The first kappa shape index (κ1) is 40.5. The molecule has 1 N–H and O–H groups in total. The zero-order chi connectivity index (χ0) is 32.6. The van der Waals surface area contributed by atoms with Gasteiger partial charge in [-0.1, -0.05) is 129 Å². The molecule has 0 bridgehead atoms. The van der Waals surface area contributed by atoms with E-state index in [0.29, 0.717) is 13.2 Å². The maximum atomic E-state index is 10.9. The molecule has 2 rings (SSSR count). The van der Waals surface area contributed by atoms with E-state index in [1.54, 1.807) is 13.4 Å². The van der Waals surface area contributed by atoms with Gasteiger partial charge >= 0.3 is 0 Å². The summed E-state index contributed by atoms with van der Waals surface area (Å²) in [5.74, 6) is -0.754. The van der Waals surface area contributed by atoms with Gasteiger partial charge in [0.15, 0.2) is 18.2 Å². The number of fused-ring (bicyclic) bond motifs is 1. The van der Waals surface area contributed by atoms with E-state index in [1.807, 2.05) is 13.8 Å². The predicted octanol–water partition coefficient (Wildman–Crippen LogP) is 9.78. The van der Waals surface area contributed by atoms with Gasteiger partial charge in [0, 0.05) is 13.7 Å². The molecule has 7 heteroatoms. The molecule has 7 nitrogen and oxygen atoms in total. The van der Waals surface area contributed by atoms with Crippen LogP contribution >= 0.6 is 0 Å². The molecule has 266 valence electrons. The second-order valence-electron chi connectivity index (χ2n) is 13.9. The normalized spacial score (nSPS) is 25.4. The zero-order valence-electron chi connectivity index (χ0n) is 30.0. The first-order chi connectivity index (χ1) is 21.9. The molecule has 2 saturated heterocycles. The number of aliphatic hydroxyl groups is 1. The molecule has 1 unspecified atom stereocenters. The number of hydrogen-bond acceptors (Lipinski definition) is 7. The lowest BCUT2D eigenvalue weighted by Gasteiger charge is -2.49. The summed E-state index contributed by atoms with van der Waals surface area (Å²) >= 11 is 0. The maximum Gasteiger partial charge on any atom is 0.195 e. The highest BCUT2D eigenvalue weighted by Crippen LogP contribution is 2.34. The van der Waals surface area contributed by atoms with Crippen molar-refractivity contribution < 1.29 is 33.5 Å². The Morgan fingerprint density at radius 3 is 1.89 bits per heavy atom. The molecule has 0 spiro atoms. The van der Waals surface area contributed by atoms with Crippen LogP contribution in [0.5, 0.6) is 0 Å². The van der Waals surface area contributed by atoms with Gasteiger partial charge in [-0.05, 0) is 45.6 Å². The van der Waals surface area contributed by atoms with Crippen LogP contribution in [-0.4, -0.2) is 68.0 Å². The molecule has 2 fully saturated rings. The highest BCUT2D eigenvalue weighted by atomic mass is 16.8. The van der Waals surface area contributed by atoms with Crippen LogP contribution in [0, 0.1) is 0 Å². The van der Waals surface area contributed by atoms with Crippen molar-refractivity contribution in [3.8, 4) is 0 Å². The standard InChI is InChI=1S/C38H72O7/c1-6-8-10-12-13-14-15-16-17-18-19-20-21-22-24-26-29-41-36-35(34-33(44-37(36)39)31-43-38(3,4)45-34)42-30-28-32(40-5)27-25-23-11-9-7-2/h26,29,32-37,39H,6-25,27-28,30-31H2,1-5H3/b29-26-/t32-,33-,34-,35+,36-,37?/m1/s1. The number of ether oxygens (including phenoxy) is 6. The van der Waals surface area contributed by atoms with Crippen LogP contribution in [0.25, 0.3) is 0 Å². The second-order valence-corrected chi connectivity index (χ2v) is 13.9. The molecule has 0 aromatic carbocycles. The molecule has 2 aliphatic heterocycles. The summed E-state index contributed by atoms with van der Waals surface area (Å²) in [5.41, 5.74) is 0. The summed E-state index contributed by atoms with van der Waals surface area (Å²) in [7, 11) is 1.78. The third kappa shape index (κ3) is 17.9. The molecule has 45 heavy (non-hydrogen) atoms. The Balaban J connectivity index is 1.69. The molecule has 6 atom stereocenters. The Kier molecular flexibility index (Phi) is 22.8. The number of rotatable bonds is 28. The van der Waals surface area contributed by atoms with Gasteiger partial charge in [-0.25, -0.2) is 0 Å². The van der Waals surface area contributed by atoms with Crippen molar-refractivity contribution in [2.24, 2.45) is 0 Å². The van der Waals surface area contributed by atoms with Crippen molar-refractivity contribution in [3.05, 3.63) is 12.3 Å².